The SMILES string of the molecule is CC(CO)CSCc1nc2ccccc2s1. The Morgan fingerprint density at radius 3 is 3.00 bits per heavy atom. The highest BCUT2D eigenvalue weighted by molar-refractivity contribution is 7.98. The number of aliphatic hydroxyl groups excluding tert-OH is 1. The summed E-state index contributed by atoms with van der Waals surface area (Å²) in [6.45, 7) is 2.33. The Labute approximate surface area is 104 Å². The average molecular weight is 253 g/mol. The van der Waals surface area contributed by atoms with E-state index in [-0.39, 0.29) is 6.61 Å². The molecule has 0 saturated heterocycles. The van der Waals surface area contributed by atoms with Gasteiger partial charge in [-0.1, -0.05) is 19.1 Å². The number of rotatable bonds is 5. The van der Waals surface area contributed by atoms with Gasteiger partial charge in [0.15, 0.2) is 0 Å². The molecular formula is C12H15NOS2. The topological polar surface area (TPSA) is 33.1 Å². The summed E-state index contributed by atoms with van der Waals surface area (Å²) in [4.78, 5) is 4.57. The van der Waals surface area contributed by atoms with E-state index in [2.05, 4.69) is 24.0 Å². The Kier molecular flexibility index (Phi) is 4.21. The Morgan fingerprint density at radius 2 is 2.25 bits per heavy atom. The van der Waals surface area contributed by atoms with E-state index in [0.29, 0.717) is 5.92 Å². The van der Waals surface area contributed by atoms with Crippen LogP contribution in [0.15, 0.2) is 24.3 Å². The zero-order valence-corrected chi connectivity index (χ0v) is 10.9. The number of aliphatic hydroxyl groups is 1. The van der Waals surface area contributed by atoms with Gasteiger partial charge in [0.2, 0.25) is 0 Å². The number of hydrogen-bond acceptors (Lipinski definition) is 4. The van der Waals surface area contributed by atoms with Gasteiger partial charge in [-0.3, -0.25) is 0 Å². The predicted molar refractivity (Wildman–Crippen MR) is 72.0 cm³/mol. The second-order valence-corrected chi connectivity index (χ2v) is 6.02. The van der Waals surface area contributed by atoms with Gasteiger partial charge in [0, 0.05) is 12.4 Å². The van der Waals surface area contributed by atoms with E-state index in [9.17, 15) is 0 Å². The number of hydrogen-bond donors (Lipinski definition) is 1. The normalized spacial score (nSPS) is 13.1. The maximum absolute atomic E-state index is 8.92. The predicted octanol–water partition coefficient (Wildman–Crippen LogP) is 3.16. The zero-order chi connectivity index (χ0) is 11.4. The summed E-state index contributed by atoms with van der Waals surface area (Å²) in [6, 6.07) is 8.23. The lowest BCUT2D eigenvalue weighted by molar-refractivity contribution is 0.250. The Morgan fingerprint density at radius 1 is 1.44 bits per heavy atom. The van der Waals surface area contributed by atoms with Crippen LogP contribution in [0.25, 0.3) is 10.2 Å². The van der Waals surface area contributed by atoms with Crippen molar-refractivity contribution in [2.24, 2.45) is 5.92 Å². The molecule has 0 spiro atoms. The van der Waals surface area contributed by atoms with Gasteiger partial charge >= 0.3 is 0 Å². The van der Waals surface area contributed by atoms with Crippen LogP contribution in [0.2, 0.25) is 0 Å². The smallest absolute Gasteiger partial charge is 0.104 e. The van der Waals surface area contributed by atoms with Gasteiger partial charge in [0.05, 0.1) is 10.2 Å². The minimum atomic E-state index is 0.271. The van der Waals surface area contributed by atoms with E-state index in [0.717, 1.165) is 17.0 Å². The van der Waals surface area contributed by atoms with Gasteiger partial charge in [0.1, 0.15) is 5.01 Å². The molecule has 86 valence electrons. The van der Waals surface area contributed by atoms with Gasteiger partial charge < -0.3 is 5.11 Å². The molecule has 1 heterocycles. The maximum atomic E-state index is 8.92. The first kappa shape index (κ1) is 11.9. The number of thiazole rings is 1. The summed E-state index contributed by atoms with van der Waals surface area (Å²) in [6.07, 6.45) is 0. The Bertz CT molecular complexity index is 422. The van der Waals surface area contributed by atoms with E-state index < -0.39 is 0 Å². The monoisotopic (exact) mass is 253 g/mol. The summed E-state index contributed by atoms with van der Waals surface area (Å²) in [5.74, 6) is 2.32. The molecule has 1 atom stereocenters. The highest BCUT2D eigenvalue weighted by atomic mass is 32.2. The number of para-hydroxylation sites is 1. The van der Waals surface area contributed by atoms with E-state index >= 15 is 0 Å². The van der Waals surface area contributed by atoms with Crippen molar-refractivity contribution in [2.75, 3.05) is 12.4 Å². The number of aromatic nitrogens is 1. The van der Waals surface area contributed by atoms with Crippen molar-refractivity contribution in [3.05, 3.63) is 29.3 Å². The molecule has 1 aromatic carbocycles. The third kappa shape index (κ3) is 2.97. The zero-order valence-electron chi connectivity index (χ0n) is 9.22. The van der Waals surface area contributed by atoms with Crippen molar-refractivity contribution in [3.8, 4) is 0 Å². The van der Waals surface area contributed by atoms with Crippen LogP contribution >= 0.6 is 23.1 Å². The molecule has 1 N–H and O–H groups in total. The van der Waals surface area contributed by atoms with Crippen LogP contribution in [0.1, 0.15) is 11.9 Å². The van der Waals surface area contributed by atoms with Gasteiger partial charge in [0.25, 0.3) is 0 Å². The first-order valence-electron chi connectivity index (χ1n) is 5.32. The molecule has 2 rings (SSSR count). The second-order valence-electron chi connectivity index (χ2n) is 3.88. The van der Waals surface area contributed by atoms with Crippen molar-refractivity contribution >= 4 is 33.3 Å². The molecule has 1 aromatic heterocycles. The van der Waals surface area contributed by atoms with Gasteiger partial charge in [-0.25, -0.2) is 4.98 Å². The number of benzene rings is 1. The number of fused-ring (bicyclic) bond motifs is 1. The fourth-order valence-electron chi connectivity index (χ4n) is 1.38. The van der Waals surface area contributed by atoms with Crippen LogP contribution in [0.3, 0.4) is 0 Å². The fourth-order valence-corrected chi connectivity index (χ4v) is 3.49. The lowest BCUT2D eigenvalue weighted by atomic mass is 10.2. The van der Waals surface area contributed by atoms with Gasteiger partial charge in [-0.2, -0.15) is 11.8 Å². The molecule has 0 saturated carbocycles. The van der Waals surface area contributed by atoms with Crippen LogP contribution < -0.4 is 0 Å². The molecule has 0 aliphatic heterocycles. The summed E-state index contributed by atoms with van der Waals surface area (Å²) in [5, 5.41) is 10.1. The largest absolute Gasteiger partial charge is 0.396 e. The third-order valence-electron chi connectivity index (χ3n) is 2.28. The molecule has 2 aromatic rings. The summed E-state index contributed by atoms with van der Waals surface area (Å²) < 4.78 is 1.26. The van der Waals surface area contributed by atoms with E-state index in [1.54, 1.807) is 11.3 Å². The summed E-state index contributed by atoms with van der Waals surface area (Å²) in [7, 11) is 0. The molecule has 4 heteroatoms. The maximum Gasteiger partial charge on any atom is 0.104 e. The standard InChI is InChI=1S/C12H15NOS2/c1-9(6-14)7-15-8-12-13-10-4-2-3-5-11(10)16-12/h2-5,9,14H,6-8H2,1H3. The van der Waals surface area contributed by atoms with Gasteiger partial charge in [-0.05, 0) is 23.8 Å². The van der Waals surface area contributed by atoms with Crippen LogP contribution in [0.5, 0.6) is 0 Å². The molecule has 0 fully saturated rings. The molecule has 16 heavy (non-hydrogen) atoms. The van der Waals surface area contributed by atoms with Crippen molar-refractivity contribution in [2.45, 2.75) is 12.7 Å². The van der Waals surface area contributed by atoms with Gasteiger partial charge in [-0.15, -0.1) is 11.3 Å². The van der Waals surface area contributed by atoms with Crippen LogP contribution in [0, 0.1) is 5.92 Å². The molecular weight excluding hydrogens is 238 g/mol. The molecule has 0 bridgehead atoms. The number of thioether (sulfide) groups is 1. The van der Waals surface area contributed by atoms with E-state index in [1.165, 1.54) is 9.71 Å². The quantitative estimate of drug-likeness (QED) is 0.888. The van der Waals surface area contributed by atoms with E-state index in [1.807, 2.05) is 23.9 Å². The first-order valence-corrected chi connectivity index (χ1v) is 7.29. The molecule has 0 radical (unpaired) electrons. The Hall–Kier alpha value is -0.580. The first-order chi connectivity index (χ1) is 7.79. The molecule has 0 aliphatic rings. The van der Waals surface area contributed by atoms with E-state index in [4.69, 9.17) is 5.11 Å². The minimum absolute atomic E-state index is 0.271. The molecule has 0 amide bonds. The average Bonchev–Trinajstić information content (AvgIpc) is 2.71. The minimum Gasteiger partial charge on any atom is -0.396 e. The fraction of sp³-hybridized carbons (Fsp3) is 0.417. The molecule has 0 aliphatic carbocycles. The third-order valence-corrected chi connectivity index (χ3v) is 4.78. The lowest BCUT2D eigenvalue weighted by Crippen LogP contribution is -2.03. The lowest BCUT2D eigenvalue weighted by Gasteiger charge is -2.04. The molecule has 2 nitrogen and oxygen atoms in total. The molecule has 1 unspecified atom stereocenters. The highest BCUT2D eigenvalue weighted by Crippen LogP contribution is 2.25. The van der Waals surface area contributed by atoms with Crippen LogP contribution in [-0.4, -0.2) is 22.5 Å². The van der Waals surface area contributed by atoms with Crippen molar-refractivity contribution in [3.63, 3.8) is 0 Å². The Balaban J connectivity index is 1.94. The van der Waals surface area contributed by atoms with Crippen LogP contribution in [0.4, 0.5) is 0 Å². The highest BCUT2D eigenvalue weighted by Gasteiger charge is 2.04. The summed E-state index contributed by atoms with van der Waals surface area (Å²) >= 11 is 3.60. The van der Waals surface area contributed by atoms with Crippen molar-refractivity contribution < 1.29 is 5.11 Å². The second kappa shape index (κ2) is 5.66. The van der Waals surface area contributed by atoms with Crippen LogP contribution in [-0.2, 0) is 5.75 Å². The van der Waals surface area contributed by atoms with Crippen molar-refractivity contribution in [1.82, 2.24) is 4.98 Å². The summed E-state index contributed by atoms with van der Waals surface area (Å²) in [5.41, 5.74) is 1.10. The number of nitrogens with zero attached hydrogens (tertiary/aromatic N) is 1. The van der Waals surface area contributed by atoms with Crippen molar-refractivity contribution in [1.29, 1.82) is 0 Å².